The summed E-state index contributed by atoms with van der Waals surface area (Å²) < 4.78 is 46.5. The van der Waals surface area contributed by atoms with Crippen molar-refractivity contribution in [3.8, 4) is 39.5 Å². The number of carbonyl (C=O) groups is 2. The third-order valence-electron chi connectivity index (χ3n) is 11.2. The Kier molecular flexibility index (Phi) is 10.3. The van der Waals surface area contributed by atoms with Gasteiger partial charge in [0.2, 0.25) is 0 Å². The van der Waals surface area contributed by atoms with Crippen molar-refractivity contribution in [1.29, 1.82) is 0 Å². The van der Waals surface area contributed by atoms with Gasteiger partial charge in [0.15, 0.2) is 11.2 Å². The van der Waals surface area contributed by atoms with Gasteiger partial charge in [-0.05, 0) is 96.3 Å². The van der Waals surface area contributed by atoms with Crippen LogP contribution in [0.3, 0.4) is 0 Å². The van der Waals surface area contributed by atoms with Crippen LogP contribution in [0.2, 0.25) is 0 Å². The third-order valence-corrected chi connectivity index (χ3v) is 11.5. The number of alkyl halides is 3. The van der Waals surface area contributed by atoms with E-state index in [4.69, 9.17) is 21.6 Å². The molecule has 312 valence electrons. The maximum atomic E-state index is 14.0. The summed E-state index contributed by atoms with van der Waals surface area (Å²) in [4.78, 5) is 47.8. The number of nitrogens with one attached hydrogen (secondary N) is 2. The van der Waals surface area contributed by atoms with Gasteiger partial charge in [-0.25, -0.2) is 14.6 Å². The molecule has 0 radical (unpaired) electrons. The topological polar surface area (TPSA) is 148 Å². The minimum atomic E-state index is -4.51. The van der Waals surface area contributed by atoms with Crippen LogP contribution in [-0.4, -0.2) is 51.3 Å². The first-order chi connectivity index (χ1) is 29.8. The summed E-state index contributed by atoms with van der Waals surface area (Å²) in [5.74, 6) is -0.551. The fourth-order valence-corrected chi connectivity index (χ4v) is 8.52. The molecule has 0 saturated carbocycles. The fraction of sp³-hybridized carbons (Fsp3) is 0.170. The summed E-state index contributed by atoms with van der Waals surface area (Å²) in [6.07, 6.45) is -2.63. The number of carbonyl (C=O) groups excluding carboxylic acids is 1. The first kappa shape index (κ1) is 40.2. The van der Waals surface area contributed by atoms with Crippen LogP contribution in [0.4, 0.5) is 35.2 Å². The number of phenols is 1. The Balaban J connectivity index is 0.884. The molecule has 2 bridgehead atoms. The Bertz CT molecular complexity index is 2960. The highest BCUT2D eigenvalue weighted by atomic mass is 32.1. The average molecular weight is 856 g/mol. The molecule has 1 aromatic heterocycles. The molecular formula is C47H36F3N5O6S. The van der Waals surface area contributed by atoms with Gasteiger partial charge in [-0.3, -0.25) is 9.69 Å². The quantitative estimate of drug-likeness (QED) is 0.0860. The number of pyridine rings is 1. The largest absolute Gasteiger partial charge is 0.508 e. The molecule has 2 amide bonds. The lowest BCUT2D eigenvalue weighted by Crippen LogP contribution is -2.56. The number of fused-ring (bicyclic) bond motifs is 6. The number of thiocarbonyl (C=S) groups is 1. The Hall–Kier alpha value is -7.26. The minimum absolute atomic E-state index is 0.0248. The number of hydrogen-bond donors (Lipinski definition) is 4. The molecule has 4 N–H and O–H groups in total. The highest BCUT2D eigenvalue weighted by Crippen LogP contribution is 2.43. The van der Waals surface area contributed by atoms with Gasteiger partial charge in [0.05, 0.1) is 33.5 Å². The van der Waals surface area contributed by atoms with Crippen LogP contribution in [-0.2, 0) is 19.1 Å². The molecule has 4 aliphatic rings. The molecule has 0 spiro atoms. The highest BCUT2D eigenvalue weighted by molar-refractivity contribution is 7.80. The van der Waals surface area contributed by atoms with Crippen molar-refractivity contribution in [2.75, 3.05) is 28.2 Å². The zero-order valence-corrected chi connectivity index (χ0v) is 33.5. The van der Waals surface area contributed by atoms with Crippen molar-refractivity contribution in [1.82, 2.24) is 10.3 Å². The van der Waals surface area contributed by atoms with E-state index >= 15 is 0 Å². The molecule has 0 unspecified atom stereocenters. The van der Waals surface area contributed by atoms with Crippen molar-refractivity contribution in [2.45, 2.75) is 38.0 Å². The molecule has 1 atom stereocenters. The summed E-state index contributed by atoms with van der Waals surface area (Å²) in [7, 11) is 0. The fourth-order valence-electron chi connectivity index (χ4n) is 8.28. The molecule has 1 aliphatic carbocycles. The van der Waals surface area contributed by atoms with Gasteiger partial charge in [0.25, 0.3) is 0 Å². The normalized spacial score (nSPS) is 14.7. The number of anilines is 3. The summed E-state index contributed by atoms with van der Waals surface area (Å²) in [6, 6.07) is 29.1. The number of amides is 2. The molecule has 15 heteroatoms. The van der Waals surface area contributed by atoms with E-state index in [-0.39, 0.29) is 35.0 Å². The number of phenolic OH excluding ortho intramolecular Hbond substituents is 1. The Labute approximate surface area is 357 Å². The molecule has 11 nitrogen and oxygen atoms in total. The first-order valence-corrected chi connectivity index (χ1v) is 20.2. The van der Waals surface area contributed by atoms with Gasteiger partial charge in [-0.1, -0.05) is 48.6 Å². The van der Waals surface area contributed by atoms with Crippen LogP contribution < -0.4 is 25.9 Å². The van der Waals surface area contributed by atoms with Gasteiger partial charge in [-0.15, -0.1) is 0 Å². The van der Waals surface area contributed by atoms with Crippen LogP contribution >= 0.6 is 12.2 Å². The number of piperidine rings is 1. The van der Waals surface area contributed by atoms with E-state index in [1.807, 2.05) is 18.2 Å². The second-order valence-corrected chi connectivity index (χ2v) is 15.8. The van der Waals surface area contributed by atoms with Crippen LogP contribution in [0.25, 0.3) is 44.7 Å². The van der Waals surface area contributed by atoms with Crippen molar-refractivity contribution in [3.05, 3.63) is 148 Å². The number of aromatic carboxylic acids is 1. The number of nitrogens with zero attached hydrogens (tertiary/aromatic N) is 3. The number of rotatable bonds is 8. The molecule has 4 aromatic carbocycles. The van der Waals surface area contributed by atoms with Crippen molar-refractivity contribution in [2.24, 2.45) is 0 Å². The monoisotopic (exact) mass is 855 g/mol. The molecule has 4 heterocycles. The van der Waals surface area contributed by atoms with E-state index in [0.29, 0.717) is 74.1 Å². The van der Waals surface area contributed by atoms with Gasteiger partial charge >= 0.3 is 18.2 Å². The van der Waals surface area contributed by atoms with Crippen LogP contribution in [0.15, 0.2) is 124 Å². The number of urea groups is 1. The molecule has 62 heavy (non-hydrogen) atoms. The van der Waals surface area contributed by atoms with E-state index in [2.05, 4.69) is 15.5 Å². The van der Waals surface area contributed by atoms with Gasteiger partial charge in [-0.2, -0.15) is 13.2 Å². The summed E-state index contributed by atoms with van der Waals surface area (Å²) in [6.45, 7) is 1.76. The van der Waals surface area contributed by atoms with Gasteiger partial charge in [0.1, 0.15) is 17.1 Å². The molecule has 1 fully saturated rings. The third kappa shape index (κ3) is 7.89. The zero-order valence-electron chi connectivity index (χ0n) is 32.7. The van der Waals surface area contributed by atoms with E-state index in [1.165, 1.54) is 30.3 Å². The SMILES string of the molecule is O=C(O)c1cc(CC(=S)NCc2ccc(NC(=O)N3c4nc(-c5cccc(C(F)(F)F)c5)ccc4N4CCC[C@H]3C4)cc2)ccc1-c1c2ccc(=O)cc-2oc2cc(O)ccc12. The van der Waals surface area contributed by atoms with Crippen LogP contribution in [0, 0.1) is 0 Å². The summed E-state index contributed by atoms with van der Waals surface area (Å²) >= 11 is 5.66. The van der Waals surface area contributed by atoms with Crippen LogP contribution in [0.5, 0.6) is 5.75 Å². The predicted octanol–water partition coefficient (Wildman–Crippen LogP) is 9.73. The van der Waals surface area contributed by atoms with Gasteiger partial charge < -0.3 is 30.2 Å². The van der Waals surface area contributed by atoms with E-state index < -0.39 is 23.7 Å². The summed E-state index contributed by atoms with van der Waals surface area (Å²) in [5, 5.41) is 27.2. The zero-order chi connectivity index (χ0) is 43.3. The lowest BCUT2D eigenvalue weighted by molar-refractivity contribution is -0.137. The molecule has 3 aliphatic heterocycles. The number of aromatic nitrogens is 1. The lowest BCUT2D eigenvalue weighted by Gasteiger charge is -2.45. The number of carboxylic acid groups (broad SMARTS) is 1. The van der Waals surface area contributed by atoms with E-state index in [9.17, 15) is 37.8 Å². The maximum Gasteiger partial charge on any atom is 0.416 e. The Morgan fingerprint density at radius 3 is 2.48 bits per heavy atom. The molecule has 9 rings (SSSR count). The minimum Gasteiger partial charge on any atom is -0.508 e. The average Bonchev–Trinajstić information content (AvgIpc) is 3.25. The van der Waals surface area contributed by atoms with E-state index in [0.717, 1.165) is 42.8 Å². The van der Waals surface area contributed by atoms with Crippen molar-refractivity contribution in [3.63, 3.8) is 0 Å². The van der Waals surface area contributed by atoms with E-state index in [1.54, 1.807) is 59.5 Å². The second-order valence-electron chi connectivity index (χ2n) is 15.3. The van der Waals surface area contributed by atoms with Gasteiger partial charge in [0, 0.05) is 66.0 Å². The smallest absolute Gasteiger partial charge is 0.416 e. The van der Waals surface area contributed by atoms with Crippen molar-refractivity contribution >= 4 is 57.4 Å². The predicted molar refractivity (Wildman–Crippen MR) is 234 cm³/mol. The molecular weight excluding hydrogens is 820 g/mol. The number of halogens is 3. The number of benzene rings is 5. The standard InChI is InChI=1S/C47H36F3N5O6S/c48-47(49,50)29-4-1-3-28(21-29)38-16-17-39-44(53-38)55(31-5-2-18-54(39)25-31)46(60)52-30-9-6-26(7-10-30)24-51-42(62)20-27-8-13-34(37(19-27)45(58)59)43-35-14-11-32(56)22-40(35)61-41-23-33(57)12-15-36(41)43/h1,3-4,6-17,19,21-23,31,56H,2,5,18,20,24-25H2,(H,51,62)(H,52,60)(H,58,59)/t31-/m0/s1. The summed E-state index contributed by atoms with van der Waals surface area (Å²) in [5.41, 5.74) is 4.20. The highest BCUT2D eigenvalue weighted by Gasteiger charge is 2.39. The first-order valence-electron chi connectivity index (χ1n) is 19.7. The second kappa shape index (κ2) is 16.0. The number of hydrogen-bond acceptors (Lipinski definition) is 8. The number of carboxylic acids is 1. The Morgan fingerprint density at radius 2 is 1.69 bits per heavy atom. The van der Waals surface area contributed by atoms with Crippen LogP contribution in [0.1, 0.15) is 39.9 Å². The molecule has 1 saturated heterocycles. The van der Waals surface area contributed by atoms with Crippen molar-refractivity contribution < 1.29 is 37.4 Å². The Morgan fingerprint density at radius 1 is 0.903 bits per heavy atom. The lowest BCUT2D eigenvalue weighted by atomic mass is 9.89. The number of aromatic hydroxyl groups is 1. The molecule has 5 aromatic rings. The maximum absolute atomic E-state index is 14.0.